The highest BCUT2D eigenvalue weighted by Gasteiger charge is 2.14. The number of amides is 1. The Morgan fingerprint density at radius 2 is 2.29 bits per heavy atom. The van der Waals surface area contributed by atoms with Crippen LogP contribution in [0.4, 0.5) is 0 Å². The van der Waals surface area contributed by atoms with Gasteiger partial charge in [-0.1, -0.05) is 0 Å². The second-order valence-corrected chi connectivity index (χ2v) is 3.15. The number of aromatic nitrogens is 3. The zero-order chi connectivity index (χ0) is 10.1. The summed E-state index contributed by atoms with van der Waals surface area (Å²) in [5.41, 5.74) is 1.11. The van der Waals surface area contributed by atoms with Gasteiger partial charge in [0.2, 0.25) is 0 Å². The topological polar surface area (TPSA) is 50.5 Å². The number of fused-ring (bicyclic) bond motifs is 1. The average Bonchev–Trinajstić information content (AvgIpc) is 2.60. The number of hydrogen-bond acceptors (Lipinski definition) is 3. The monoisotopic (exact) mass is 190 g/mol. The van der Waals surface area contributed by atoms with Crippen LogP contribution in [-0.2, 0) is 0 Å². The zero-order valence-corrected chi connectivity index (χ0v) is 8.01. The molecular formula is C9H10N4O. The average molecular weight is 190 g/mol. The Balaban J connectivity index is 2.58. The molecule has 0 aliphatic carbocycles. The Morgan fingerprint density at radius 3 is 3.00 bits per heavy atom. The molecule has 5 nitrogen and oxygen atoms in total. The Bertz CT molecular complexity index is 474. The summed E-state index contributed by atoms with van der Waals surface area (Å²) in [6, 6.07) is 1.77. The SMILES string of the molecule is CN(C)C(=O)c1cnn2cccnc12. The zero-order valence-electron chi connectivity index (χ0n) is 8.01. The molecule has 1 amide bonds. The van der Waals surface area contributed by atoms with Crippen LogP contribution in [0, 0.1) is 0 Å². The van der Waals surface area contributed by atoms with Crippen LogP contribution in [0.15, 0.2) is 24.7 Å². The molecule has 14 heavy (non-hydrogen) atoms. The second-order valence-electron chi connectivity index (χ2n) is 3.15. The van der Waals surface area contributed by atoms with Crippen molar-refractivity contribution in [1.29, 1.82) is 0 Å². The van der Waals surface area contributed by atoms with Gasteiger partial charge in [0.05, 0.1) is 6.20 Å². The van der Waals surface area contributed by atoms with Crippen molar-refractivity contribution in [3.8, 4) is 0 Å². The summed E-state index contributed by atoms with van der Waals surface area (Å²) in [5.74, 6) is -0.0845. The van der Waals surface area contributed by atoms with Crippen molar-refractivity contribution in [2.45, 2.75) is 0 Å². The van der Waals surface area contributed by atoms with Crippen LogP contribution in [0.1, 0.15) is 10.4 Å². The highest BCUT2D eigenvalue weighted by Crippen LogP contribution is 2.08. The number of carbonyl (C=O) groups is 1. The smallest absolute Gasteiger partial charge is 0.258 e. The van der Waals surface area contributed by atoms with E-state index < -0.39 is 0 Å². The fraction of sp³-hybridized carbons (Fsp3) is 0.222. The van der Waals surface area contributed by atoms with Gasteiger partial charge in [0.25, 0.3) is 5.91 Å². The van der Waals surface area contributed by atoms with E-state index in [-0.39, 0.29) is 5.91 Å². The van der Waals surface area contributed by atoms with Gasteiger partial charge in [-0.15, -0.1) is 0 Å². The third-order valence-electron chi connectivity index (χ3n) is 1.92. The minimum absolute atomic E-state index is 0.0845. The third-order valence-corrected chi connectivity index (χ3v) is 1.92. The number of hydrogen-bond donors (Lipinski definition) is 0. The molecule has 0 aromatic carbocycles. The summed E-state index contributed by atoms with van der Waals surface area (Å²) >= 11 is 0. The molecule has 2 rings (SSSR count). The second kappa shape index (κ2) is 3.10. The summed E-state index contributed by atoms with van der Waals surface area (Å²) in [6.07, 6.45) is 4.93. The molecule has 0 radical (unpaired) electrons. The van der Waals surface area contributed by atoms with Crippen molar-refractivity contribution in [1.82, 2.24) is 19.5 Å². The van der Waals surface area contributed by atoms with Crippen molar-refractivity contribution < 1.29 is 4.79 Å². The Labute approximate surface area is 81.0 Å². The molecule has 0 bridgehead atoms. The molecular weight excluding hydrogens is 180 g/mol. The molecule has 0 N–H and O–H groups in total. The molecule has 0 aliphatic rings. The van der Waals surface area contributed by atoms with Crippen molar-refractivity contribution in [2.75, 3.05) is 14.1 Å². The molecule has 0 aliphatic heterocycles. The molecule has 2 aromatic heterocycles. The van der Waals surface area contributed by atoms with Gasteiger partial charge in [0, 0.05) is 26.5 Å². The van der Waals surface area contributed by atoms with Crippen molar-refractivity contribution in [2.24, 2.45) is 0 Å². The lowest BCUT2D eigenvalue weighted by Gasteiger charge is -2.07. The molecule has 0 saturated carbocycles. The predicted molar refractivity (Wildman–Crippen MR) is 51.0 cm³/mol. The first-order valence-corrected chi connectivity index (χ1v) is 4.20. The maximum Gasteiger partial charge on any atom is 0.258 e. The molecule has 0 atom stereocenters. The Hall–Kier alpha value is -1.91. The minimum Gasteiger partial charge on any atom is -0.345 e. The van der Waals surface area contributed by atoms with E-state index >= 15 is 0 Å². The number of rotatable bonds is 1. The lowest BCUT2D eigenvalue weighted by molar-refractivity contribution is 0.0829. The van der Waals surface area contributed by atoms with Crippen LogP contribution in [0.2, 0.25) is 0 Å². The first-order chi connectivity index (χ1) is 6.70. The summed E-state index contributed by atoms with van der Waals surface area (Å²) < 4.78 is 1.58. The van der Waals surface area contributed by atoms with E-state index in [1.54, 1.807) is 37.1 Å². The van der Waals surface area contributed by atoms with E-state index in [1.807, 2.05) is 0 Å². The van der Waals surface area contributed by atoms with Gasteiger partial charge in [0.15, 0.2) is 5.65 Å². The fourth-order valence-corrected chi connectivity index (χ4v) is 1.22. The summed E-state index contributed by atoms with van der Waals surface area (Å²) in [5, 5.41) is 4.03. The van der Waals surface area contributed by atoms with Crippen LogP contribution in [0.25, 0.3) is 5.65 Å². The number of nitrogens with zero attached hydrogens (tertiary/aromatic N) is 4. The van der Waals surface area contributed by atoms with Gasteiger partial charge in [0.1, 0.15) is 5.56 Å². The van der Waals surface area contributed by atoms with Gasteiger partial charge in [-0.25, -0.2) is 9.50 Å². The molecule has 5 heteroatoms. The molecule has 0 saturated heterocycles. The van der Waals surface area contributed by atoms with Gasteiger partial charge in [-0.2, -0.15) is 5.10 Å². The van der Waals surface area contributed by atoms with E-state index in [0.29, 0.717) is 11.2 Å². The first kappa shape index (κ1) is 8.68. The Kier molecular flexibility index (Phi) is 1.92. The maximum absolute atomic E-state index is 11.7. The lowest BCUT2D eigenvalue weighted by atomic mass is 10.3. The predicted octanol–water partition coefficient (Wildman–Crippen LogP) is 0.431. The van der Waals surface area contributed by atoms with Crippen molar-refractivity contribution in [3.05, 3.63) is 30.2 Å². The van der Waals surface area contributed by atoms with Crippen LogP contribution >= 0.6 is 0 Å². The maximum atomic E-state index is 11.7. The summed E-state index contributed by atoms with van der Waals surface area (Å²) in [6.45, 7) is 0. The lowest BCUT2D eigenvalue weighted by Crippen LogP contribution is -2.21. The molecule has 2 heterocycles. The van der Waals surface area contributed by atoms with Crippen molar-refractivity contribution >= 4 is 11.6 Å². The van der Waals surface area contributed by atoms with Crippen LogP contribution in [0.3, 0.4) is 0 Å². The van der Waals surface area contributed by atoms with E-state index in [0.717, 1.165) is 0 Å². The summed E-state index contributed by atoms with van der Waals surface area (Å²) in [4.78, 5) is 17.3. The minimum atomic E-state index is -0.0845. The molecule has 0 unspecified atom stereocenters. The van der Waals surface area contributed by atoms with E-state index in [4.69, 9.17) is 0 Å². The molecule has 72 valence electrons. The Morgan fingerprint density at radius 1 is 1.50 bits per heavy atom. The van der Waals surface area contributed by atoms with Gasteiger partial charge >= 0.3 is 0 Å². The highest BCUT2D eigenvalue weighted by molar-refractivity contribution is 5.99. The quantitative estimate of drug-likeness (QED) is 0.655. The van der Waals surface area contributed by atoms with Crippen LogP contribution in [0.5, 0.6) is 0 Å². The molecule has 0 fully saturated rings. The number of carbonyl (C=O) groups excluding carboxylic acids is 1. The van der Waals surface area contributed by atoms with E-state index in [1.165, 1.54) is 11.1 Å². The summed E-state index contributed by atoms with van der Waals surface area (Å²) in [7, 11) is 3.41. The van der Waals surface area contributed by atoms with Crippen LogP contribution < -0.4 is 0 Å². The van der Waals surface area contributed by atoms with E-state index in [9.17, 15) is 4.79 Å². The molecule has 0 spiro atoms. The third kappa shape index (κ3) is 1.22. The molecule has 2 aromatic rings. The highest BCUT2D eigenvalue weighted by atomic mass is 16.2. The van der Waals surface area contributed by atoms with E-state index in [2.05, 4.69) is 10.1 Å². The fourth-order valence-electron chi connectivity index (χ4n) is 1.22. The van der Waals surface area contributed by atoms with Gasteiger partial charge < -0.3 is 4.90 Å². The van der Waals surface area contributed by atoms with Crippen LogP contribution in [-0.4, -0.2) is 39.5 Å². The van der Waals surface area contributed by atoms with Gasteiger partial charge in [-0.3, -0.25) is 4.79 Å². The normalized spacial score (nSPS) is 10.4. The standard InChI is InChI=1S/C9H10N4O/c1-12(2)9(14)7-6-11-13-5-3-4-10-8(7)13/h3-6H,1-2H3. The largest absolute Gasteiger partial charge is 0.345 e. The van der Waals surface area contributed by atoms with Crippen molar-refractivity contribution in [3.63, 3.8) is 0 Å². The first-order valence-electron chi connectivity index (χ1n) is 4.20. The van der Waals surface area contributed by atoms with Gasteiger partial charge in [-0.05, 0) is 6.07 Å².